The number of rotatable bonds is 6. The van der Waals surface area contributed by atoms with Crippen LogP contribution in [0, 0.1) is 10.1 Å². The van der Waals surface area contributed by atoms with E-state index >= 15 is 0 Å². The molecule has 0 saturated heterocycles. The fourth-order valence-corrected chi connectivity index (χ4v) is 2.40. The second kappa shape index (κ2) is 7.33. The molecule has 0 fully saturated rings. The van der Waals surface area contributed by atoms with Crippen molar-refractivity contribution in [2.24, 2.45) is 0 Å². The second-order valence-electron chi connectivity index (χ2n) is 4.46. The van der Waals surface area contributed by atoms with Gasteiger partial charge >= 0.3 is 0 Å². The average molecular weight is 341 g/mol. The number of halogens is 2. The normalized spacial score (nSPS) is 10.3. The molecule has 0 unspecified atom stereocenters. The zero-order valence-electron chi connectivity index (χ0n) is 11.8. The van der Waals surface area contributed by atoms with Crippen LogP contribution in [0.25, 0.3) is 0 Å². The summed E-state index contributed by atoms with van der Waals surface area (Å²) in [5.41, 5.74) is 1.16. The van der Waals surface area contributed by atoms with Crippen molar-refractivity contribution in [1.29, 1.82) is 0 Å². The van der Waals surface area contributed by atoms with Crippen molar-refractivity contribution in [1.82, 2.24) is 0 Å². The maximum atomic E-state index is 11.2. The third-order valence-electron chi connectivity index (χ3n) is 2.96. The molecule has 0 radical (unpaired) electrons. The molecule has 7 heteroatoms. The molecule has 0 heterocycles. The Kier molecular flexibility index (Phi) is 5.46. The van der Waals surface area contributed by atoms with Crippen molar-refractivity contribution in [3.05, 3.63) is 62.1 Å². The van der Waals surface area contributed by atoms with Crippen molar-refractivity contribution in [3.63, 3.8) is 0 Å². The van der Waals surface area contributed by atoms with Crippen molar-refractivity contribution in [2.75, 3.05) is 11.9 Å². The van der Waals surface area contributed by atoms with Crippen LogP contribution in [-0.4, -0.2) is 11.5 Å². The summed E-state index contributed by atoms with van der Waals surface area (Å²) in [4.78, 5) is 10.7. The van der Waals surface area contributed by atoms with Crippen LogP contribution in [-0.2, 0) is 6.54 Å². The van der Waals surface area contributed by atoms with Crippen LogP contribution in [0.3, 0.4) is 0 Å². The highest BCUT2D eigenvalue weighted by Gasteiger charge is 2.15. The second-order valence-corrected chi connectivity index (χ2v) is 5.30. The van der Waals surface area contributed by atoms with E-state index in [0.717, 1.165) is 5.56 Å². The third-order valence-corrected chi connectivity index (χ3v) is 3.55. The highest BCUT2D eigenvalue weighted by atomic mass is 35.5. The van der Waals surface area contributed by atoms with E-state index in [1.807, 2.05) is 6.92 Å². The van der Waals surface area contributed by atoms with Crippen molar-refractivity contribution < 1.29 is 9.66 Å². The zero-order chi connectivity index (χ0) is 16.1. The number of nitrogens with one attached hydrogen (secondary N) is 1. The largest absolute Gasteiger partial charge is 0.494 e. The zero-order valence-corrected chi connectivity index (χ0v) is 13.3. The molecule has 0 aliphatic carbocycles. The molecule has 0 saturated carbocycles. The first-order valence-corrected chi connectivity index (χ1v) is 7.36. The number of hydrogen-bond donors (Lipinski definition) is 1. The molecule has 2 rings (SSSR count). The maximum absolute atomic E-state index is 11.2. The lowest BCUT2D eigenvalue weighted by atomic mass is 10.2. The quantitative estimate of drug-likeness (QED) is 0.599. The molecule has 22 heavy (non-hydrogen) atoms. The van der Waals surface area contributed by atoms with Gasteiger partial charge in [-0.15, -0.1) is 0 Å². The lowest BCUT2D eigenvalue weighted by Gasteiger charge is -2.10. The molecule has 5 nitrogen and oxygen atoms in total. The number of nitrogens with zero attached hydrogens (tertiary/aromatic N) is 1. The molecule has 0 aliphatic rings. The first kappa shape index (κ1) is 16.4. The van der Waals surface area contributed by atoms with Gasteiger partial charge < -0.3 is 10.1 Å². The number of nitro groups is 1. The summed E-state index contributed by atoms with van der Waals surface area (Å²) in [5.74, 6) is 0.462. The monoisotopic (exact) mass is 340 g/mol. The molecule has 0 amide bonds. The van der Waals surface area contributed by atoms with E-state index < -0.39 is 4.92 Å². The number of nitro benzene ring substituents is 1. The molecule has 0 bridgehead atoms. The minimum Gasteiger partial charge on any atom is -0.494 e. The fourth-order valence-electron chi connectivity index (χ4n) is 1.92. The van der Waals surface area contributed by atoms with E-state index in [-0.39, 0.29) is 5.69 Å². The Morgan fingerprint density at radius 1 is 1.23 bits per heavy atom. The Bertz CT molecular complexity index is 692. The van der Waals surface area contributed by atoms with E-state index in [4.69, 9.17) is 27.9 Å². The Morgan fingerprint density at radius 2 is 2.00 bits per heavy atom. The Labute approximate surface area is 138 Å². The van der Waals surface area contributed by atoms with Crippen molar-refractivity contribution >= 4 is 34.6 Å². The highest BCUT2D eigenvalue weighted by molar-refractivity contribution is 6.35. The Morgan fingerprint density at radius 3 is 2.64 bits per heavy atom. The Hall–Kier alpha value is -1.98. The van der Waals surface area contributed by atoms with Crippen molar-refractivity contribution in [2.45, 2.75) is 13.5 Å². The molecule has 1 N–H and O–H groups in total. The molecule has 0 atom stereocenters. The smallest absolute Gasteiger partial charge is 0.296 e. The molecule has 0 aliphatic heterocycles. The fraction of sp³-hybridized carbons (Fsp3) is 0.200. The Balaban J connectivity index is 2.19. The molecular formula is C15H14Cl2N2O3. The van der Waals surface area contributed by atoms with Gasteiger partial charge in [-0.3, -0.25) is 10.1 Å². The van der Waals surface area contributed by atoms with Crippen LogP contribution in [0.2, 0.25) is 10.0 Å². The van der Waals surface area contributed by atoms with Gasteiger partial charge in [0.25, 0.3) is 5.69 Å². The van der Waals surface area contributed by atoms with Gasteiger partial charge in [-0.1, -0.05) is 29.3 Å². The predicted octanol–water partition coefficient (Wildman–Crippen LogP) is 4.91. The molecule has 2 aromatic rings. The summed E-state index contributed by atoms with van der Waals surface area (Å²) in [6.45, 7) is 2.62. The van der Waals surface area contributed by atoms with Crippen molar-refractivity contribution in [3.8, 4) is 5.75 Å². The lowest BCUT2D eigenvalue weighted by molar-refractivity contribution is -0.384. The van der Waals surface area contributed by atoms with Gasteiger partial charge in [-0.2, -0.15) is 0 Å². The summed E-state index contributed by atoms with van der Waals surface area (Å²) >= 11 is 11.9. The number of anilines is 1. The molecule has 0 spiro atoms. The summed E-state index contributed by atoms with van der Waals surface area (Å²) in [6.07, 6.45) is 0. The molecule has 116 valence electrons. The topological polar surface area (TPSA) is 64.4 Å². The average Bonchev–Trinajstić information content (AvgIpc) is 2.47. The van der Waals surface area contributed by atoms with Gasteiger partial charge in [-0.25, -0.2) is 0 Å². The van der Waals surface area contributed by atoms with Gasteiger partial charge in [0.15, 0.2) is 0 Å². The van der Waals surface area contributed by atoms with Gasteiger partial charge in [-0.05, 0) is 36.8 Å². The summed E-state index contributed by atoms with van der Waals surface area (Å²) < 4.78 is 5.28. The standard InChI is InChI=1S/C15H14Cl2N2O3/c1-2-22-12-5-6-14(15(8-12)19(20)21)18-9-10-3-4-11(16)7-13(10)17/h3-8,18H,2,9H2,1H3. The highest BCUT2D eigenvalue weighted by Crippen LogP contribution is 2.30. The third kappa shape index (κ3) is 4.02. The first-order valence-electron chi connectivity index (χ1n) is 6.60. The predicted molar refractivity (Wildman–Crippen MR) is 88.1 cm³/mol. The summed E-state index contributed by atoms with van der Waals surface area (Å²) in [5, 5.41) is 15.2. The molecule has 2 aromatic carbocycles. The van der Waals surface area contributed by atoms with E-state index in [2.05, 4.69) is 5.32 Å². The maximum Gasteiger partial charge on any atom is 0.296 e. The summed E-state index contributed by atoms with van der Waals surface area (Å²) in [6, 6.07) is 9.83. The van der Waals surface area contributed by atoms with Crippen LogP contribution < -0.4 is 10.1 Å². The number of hydrogen-bond acceptors (Lipinski definition) is 4. The van der Waals surface area contributed by atoms with Gasteiger partial charge in [0.1, 0.15) is 11.4 Å². The van der Waals surface area contributed by atoms with E-state index in [1.54, 1.807) is 30.3 Å². The SMILES string of the molecule is CCOc1ccc(NCc2ccc(Cl)cc2Cl)c([N+](=O)[O-])c1. The first-order chi connectivity index (χ1) is 10.5. The van der Waals surface area contributed by atoms with Crippen LogP contribution in [0.4, 0.5) is 11.4 Å². The molecular weight excluding hydrogens is 327 g/mol. The summed E-state index contributed by atoms with van der Waals surface area (Å²) in [7, 11) is 0. The van der Waals surface area contributed by atoms with Crippen LogP contribution in [0.1, 0.15) is 12.5 Å². The number of ether oxygens (including phenoxy) is 1. The van der Waals surface area contributed by atoms with Crippen LogP contribution in [0.5, 0.6) is 5.75 Å². The minimum atomic E-state index is -0.450. The van der Waals surface area contributed by atoms with E-state index in [0.29, 0.717) is 34.6 Å². The van der Waals surface area contributed by atoms with E-state index in [1.165, 1.54) is 6.07 Å². The van der Waals surface area contributed by atoms with Crippen LogP contribution >= 0.6 is 23.2 Å². The lowest BCUT2D eigenvalue weighted by Crippen LogP contribution is -2.04. The minimum absolute atomic E-state index is 0.0453. The number of benzene rings is 2. The van der Waals surface area contributed by atoms with Gasteiger partial charge in [0.05, 0.1) is 17.6 Å². The van der Waals surface area contributed by atoms with Gasteiger partial charge in [0, 0.05) is 16.6 Å². The van der Waals surface area contributed by atoms with Crippen LogP contribution in [0.15, 0.2) is 36.4 Å². The van der Waals surface area contributed by atoms with E-state index in [9.17, 15) is 10.1 Å². The van der Waals surface area contributed by atoms with Gasteiger partial charge in [0.2, 0.25) is 0 Å². The molecule has 0 aromatic heterocycles.